The highest BCUT2D eigenvalue weighted by molar-refractivity contribution is 6.42. The first-order valence-corrected chi connectivity index (χ1v) is 8.78. The van der Waals surface area contributed by atoms with Crippen molar-refractivity contribution in [3.63, 3.8) is 0 Å². The first-order chi connectivity index (χ1) is 11.7. The fourth-order valence-electron chi connectivity index (χ4n) is 2.72. The van der Waals surface area contributed by atoms with Gasteiger partial charge in [-0.2, -0.15) is 0 Å². The highest BCUT2D eigenvalue weighted by Gasteiger charge is 2.33. The van der Waals surface area contributed by atoms with Crippen molar-refractivity contribution in [3.8, 4) is 0 Å². The lowest BCUT2D eigenvalue weighted by Crippen LogP contribution is -2.50. The van der Waals surface area contributed by atoms with Gasteiger partial charge >= 0.3 is 5.97 Å². The highest BCUT2D eigenvalue weighted by atomic mass is 35.5. The van der Waals surface area contributed by atoms with Gasteiger partial charge in [0.15, 0.2) is 0 Å². The van der Waals surface area contributed by atoms with Gasteiger partial charge in [0, 0.05) is 25.4 Å². The fraction of sp³-hybridized carbons (Fsp3) is 0.529. The summed E-state index contributed by atoms with van der Waals surface area (Å²) >= 11 is 12.1. The molecule has 0 unspecified atom stereocenters. The van der Waals surface area contributed by atoms with E-state index in [2.05, 4.69) is 10.6 Å². The normalized spacial score (nSPS) is 21.4. The Morgan fingerprint density at radius 3 is 2.72 bits per heavy atom. The summed E-state index contributed by atoms with van der Waals surface area (Å²) in [6.45, 7) is 4.66. The molecule has 1 aliphatic rings. The van der Waals surface area contributed by atoms with Crippen LogP contribution >= 0.6 is 23.2 Å². The van der Waals surface area contributed by atoms with E-state index in [0.717, 1.165) is 5.56 Å². The van der Waals surface area contributed by atoms with E-state index in [1.54, 1.807) is 12.1 Å². The van der Waals surface area contributed by atoms with E-state index in [1.165, 1.54) is 13.8 Å². The summed E-state index contributed by atoms with van der Waals surface area (Å²) in [7, 11) is 0. The number of halogens is 2. The Morgan fingerprint density at radius 1 is 1.36 bits per heavy atom. The lowest BCUT2D eigenvalue weighted by molar-refractivity contribution is -0.146. The van der Waals surface area contributed by atoms with E-state index in [4.69, 9.17) is 33.0 Å². The molecule has 25 heavy (non-hydrogen) atoms. The second-order valence-electron chi connectivity index (χ2n) is 6.61. The zero-order chi connectivity index (χ0) is 18.6. The molecule has 138 valence electrons. The summed E-state index contributed by atoms with van der Waals surface area (Å²) in [6, 6.07) is 5.27. The Kier molecular flexibility index (Phi) is 6.68. The van der Waals surface area contributed by atoms with Crippen molar-refractivity contribution < 1.29 is 19.4 Å². The van der Waals surface area contributed by atoms with Crippen LogP contribution < -0.4 is 10.6 Å². The number of rotatable bonds is 5. The lowest BCUT2D eigenvalue weighted by atomic mass is 9.91. The minimum Gasteiger partial charge on any atom is -0.480 e. The first-order valence-electron chi connectivity index (χ1n) is 8.02. The van der Waals surface area contributed by atoms with Crippen molar-refractivity contribution in [2.45, 2.75) is 31.9 Å². The predicted molar refractivity (Wildman–Crippen MR) is 96.0 cm³/mol. The minimum absolute atomic E-state index is 0.134. The van der Waals surface area contributed by atoms with Crippen molar-refractivity contribution in [2.24, 2.45) is 5.92 Å². The molecule has 2 rings (SSSR count). The minimum atomic E-state index is -1.32. The number of hydrogen-bond acceptors (Lipinski definition) is 4. The van der Waals surface area contributed by atoms with Gasteiger partial charge in [-0.25, -0.2) is 4.79 Å². The van der Waals surface area contributed by atoms with Crippen molar-refractivity contribution in [1.29, 1.82) is 0 Å². The molecule has 3 N–H and O–H groups in total. The van der Waals surface area contributed by atoms with Crippen LogP contribution in [0.5, 0.6) is 0 Å². The summed E-state index contributed by atoms with van der Waals surface area (Å²) in [6.07, 6.45) is -0.197. The Morgan fingerprint density at radius 2 is 2.08 bits per heavy atom. The van der Waals surface area contributed by atoms with Crippen LogP contribution in [0.4, 0.5) is 0 Å². The van der Waals surface area contributed by atoms with Gasteiger partial charge in [-0.05, 0) is 31.5 Å². The standard InChI is InChI=1S/C17H22Cl2N2O4/c1-17(2,16(23)24)21-14(22)8-11-9-20-5-6-25-15(11)10-3-4-12(18)13(19)7-10/h3-4,7,11,15,20H,5-6,8-9H2,1-2H3,(H,21,22)(H,23,24)/t11-,15+/m1/s1. The number of carboxylic acid groups (broad SMARTS) is 1. The van der Waals surface area contributed by atoms with Gasteiger partial charge in [-0.15, -0.1) is 0 Å². The molecule has 0 bridgehead atoms. The highest BCUT2D eigenvalue weighted by Crippen LogP contribution is 2.33. The molecular weight excluding hydrogens is 367 g/mol. The van der Waals surface area contributed by atoms with Crippen LogP contribution in [0.2, 0.25) is 10.0 Å². The molecular formula is C17H22Cl2N2O4. The number of nitrogens with one attached hydrogen (secondary N) is 2. The largest absolute Gasteiger partial charge is 0.480 e. The maximum absolute atomic E-state index is 12.3. The number of carboxylic acids is 1. The van der Waals surface area contributed by atoms with Crippen LogP contribution in [0.3, 0.4) is 0 Å². The second-order valence-corrected chi connectivity index (χ2v) is 7.43. The van der Waals surface area contributed by atoms with Gasteiger partial charge in [-0.1, -0.05) is 29.3 Å². The van der Waals surface area contributed by atoms with Gasteiger partial charge in [0.1, 0.15) is 5.54 Å². The molecule has 0 radical (unpaired) electrons. The molecule has 2 atom stereocenters. The average Bonchev–Trinajstić information content (AvgIpc) is 2.75. The first kappa shape index (κ1) is 20.0. The Labute approximate surface area is 156 Å². The third kappa shape index (κ3) is 5.31. The number of ether oxygens (including phenoxy) is 1. The van der Waals surface area contributed by atoms with Gasteiger partial charge < -0.3 is 20.5 Å². The average molecular weight is 389 g/mol. The number of carbonyl (C=O) groups excluding carboxylic acids is 1. The molecule has 1 saturated heterocycles. The van der Waals surface area contributed by atoms with E-state index < -0.39 is 11.5 Å². The number of carbonyl (C=O) groups is 2. The molecule has 1 fully saturated rings. The van der Waals surface area contributed by atoms with Crippen molar-refractivity contribution in [2.75, 3.05) is 19.7 Å². The van der Waals surface area contributed by atoms with Gasteiger partial charge in [0.05, 0.1) is 22.8 Å². The van der Waals surface area contributed by atoms with E-state index in [9.17, 15) is 9.59 Å². The third-order valence-corrected chi connectivity index (χ3v) is 4.86. The molecule has 1 aromatic carbocycles. The molecule has 0 saturated carbocycles. The fourth-order valence-corrected chi connectivity index (χ4v) is 3.02. The number of aliphatic carboxylic acids is 1. The molecule has 1 aromatic rings. The van der Waals surface area contributed by atoms with Crippen LogP contribution in [0.1, 0.15) is 31.9 Å². The molecule has 1 aliphatic heterocycles. The Balaban J connectivity index is 2.15. The Hall–Kier alpha value is -1.34. The monoisotopic (exact) mass is 388 g/mol. The van der Waals surface area contributed by atoms with Crippen molar-refractivity contribution >= 4 is 35.1 Å². The summed E-state index contributed by atoms with van der Waals surface area (Å²) in [5.74, 6) is -1.59. The molecule has 1 heterocycles. The van der Waals surface area contributed by atoms with Crippen molar-refractivity contribution in [1.82, 2.24) is 10.6 Å². The summed E-state index contributed by atoms with van der Waals surface area (Å²) in [4.78, 5) is 23.5. The summed E-state index contributed by atoms with van der Waals surface area (Å²) in [5.41, 5.74) is -0.483. The van der Waals surface area contributed by atoms with Crippen LogP contribution in [-0.2, 0) is 14.3 Å². The predicted octanol–water partition coefficient (Wildman–Crippen LogP) is 2.64. The lowest BCUT2D eigenvalue weighted by Gasteiger charge is -2.27. The van der Waals surface area contributed by atoms with Gasteiger partial charge in [-0.3, -0.25) is 4.79 Å². The van der Waals surface area contributed by atoms with E-state index in [-0.39, 0.29) is 24.3 Å². The Bertz CT molecular complexity index is 652. The zero-order valence-electron chi connectivity index (χ0n) is 14.1. The smallest absolute Gasteiger partial charge is 0.328 e. The SMILES string of the molecule is CC(C)(NC(=O)C[C@@H]1CNCCO[C@H]1c1ccc(Cl)c(Cl)c1)C(=O)O. The zero-order valence-corrected chi connectivity index (χ0v) is 15.7. The van der Waals surface area contributed by atoms with Crippen LogP contribution in [0.25, 0.3) is 0 Å². The van der Waals surface area contributed by atoms with Crippen LogP contribution in [-0.4, -0.2) is 42.2 Å². The van der Waals surface area contributed by atoms with E-state index >= 15 is 0 Å². The summed E-state index contributed by atoms with van der Waals surface area (Å²) < 4.78 is 5.91. The maximum Gasteiger partial charge on any atom is 0.328 e. The molecule has 0 aliphatic carbocycles. The molecule has 1 amide bonds. The van der Waals surface area contributed by atoms with E-state index in [0.29, 0.717) is 29.7 Å². The topological polar surface area (TPSA) is 87.7 Å². The summed E-state index contributed by atoms with van der Waals surface area (Å²) in [5, 5.41) is 15.8. The molecule has 0 spiro atoms. The third-order valence-electron chi connectivity index (χ3n) is 4.12. The quantitative estimate of drug-likeness (QED) is 0.721. The van der Waals surface area contributed by atoms with Gasteiger partial charge in [0.25, 0.3) is 0 Å². The van der Waals surface area contributed by atoms with Gasteiger partial charge in [0.2, 0.25) is 5.91 Å². The number of hydrogen-bond donors (Lipinski definition) is 3. The van der Waals surface area contributed by atoms with Crippen LogP contribution in [0, 0.1) is 5.92 Å². The van der Waals surface area contributed by atoms with E-state index in [1.807, 2.05) is 6.07 Å². The number of benzene rings is 1. The molecule has 8 heteroatoms. The van der Waals surface area contributed by atoms with Crippen molar-refractivity contribution in [3.05, 3.63) is 33.8 Å². The maximum atomic E-state index is 12.3. The second kappa shape index (κ2) is 8.36. The molecule has 0 aromatic heterocycles. The number of amides is 1. The van der Waals surface area contributed by atoms with Crippen LogP contribution in [0.15, 0.2) is 18.2 Å². The molecule has 6 nitrogen and oxygen atoms in total.